The van der Waals surface area contributed by atoms with Gasteiger partial charge in [-0.1, -0.05) is 31.4 Å². The summed E-state index contributed by atoms with van der Waals surface area (Å²) in [6.07, 6.45) is 1.98. The number of piperidine rings is 1. The van der Waals surface area contributed by atoms with E-state index in [1.165, 1.54) is 11.0 Å². The summed E-state index contributed by atoms with van der Waals surface area (Å²) in [4.78, 5) is 56.6. The van der Waals surface area contributed by atoms with Crippen LogP contribution in [0.4, 0.5) is 24.5 Å². The predicted octanol–water partition coefficient (Wildman–Crippen LogP) is 6.04. The first kappa shape index (κ1) is 43.7. The van der Waals surface area contributed by atoms with Crippen molar-refractivity contribution in [2.24, 2.45) is 0 Å². The van der Waals surface area contributed by atoms with Crippen molar-refractivity contribution in [2.45, 2.75) is 115 Å². The van der Waals surface area contributed by atoms with Crippen molar-refractivity contribution in [1.82, 2.24) is 20.0 Å². The van der Waals surface area contributed by atoms with Crippen LogP contribution in [0.2, 0.25) is 0 Å². The molecule has 3 aliphatic heterocycles. The number of aliphatic hydroxyl groups is 1. The first-order valence-corrected chi connectivity index (χ1v) is 20.0. The summed E-state index contributed by atoms with van der Waals surface area (Å²) in [5.74, 6) is -1.22. The number of halogens is 3. The molecule has 312 valence electrons. The summed E-state index contributed by atoms with van der Waals surface area (Å²) >= 11 is 5.53. The molecule has 2 aromatic rings. The van der Waals surface area contributed by atoms with Gasteiger partial charge in [0.25, 0.3) is 5.91 Å². The molecule has 3 atom stereocenters. The minimum Gasteiger partial charge on any atom is -0.396 e. The third kappa shape index (κ3) is 10.2. The van der Waals surface area contributed by atoms with Gasteiger partial charge in [0, 0.05) is 59.3 Å². The number of nitriles is 1. The van der Waals surface area contributed by atoms with Crippen LogP contribution in [0.1, 0.15) is 105 Å². The van der Waals surface area contributed by atoms with Crippen LogP contribution in [0.15, 0.2) is 42.5 Å². The molecule has 0 aromatic heterocycles. The van der Waals surface area contributed by atoms with E-state index in [1.807, 2.05) is 17.0 Å². The quantitative estimate of drug-likeness (QED) is 0.202. The number of rotatable bonds is 9. The van der Waals surface area contributed by atoms with E-state index in [0.717, 1.165) is 75.9 Å². The molecule has 6 rings (SSSR count). The SMILES string of the molecule is CC1(C)C(=O)N(c2ccc(C#N)c(C(F)(F)F)c2)C(=S)N1C1CCCCC1.C[C@@H]1CN(CCCO)C[C@H](C)N1CC(=O)Nc1ccc(C2CCC(=O)NC2=O)cc1.[HH].[HH]. The minimum absolute atomic E-state index is 0. The molecule has 4 amide bonds. The molecule has 3 heterocycles. The lowest BCUT2D eigenvalue weighted by Gasteiger charge is -2.44. The first-order chi connectivity index (χ1) is 27.0. The van der Waals surface area contributed by atoms with Crippen LogP contribution in [-0.2, 0) is 25.4 Å². The van der Waals surface area contributed by atoms with Crippen LogP contribution in [-0.4, -0.2) is 105 Å². The summed E-state index contributed by atoms with van der Waals surface area (Å²) in [5.41, 5.74) is -0.884. The summed E-state index contributed by atoms with van der Waals surface area (Å²) in [6, 6.07) is 12.7. The van der Waals surface area contributed by atoms with Gasteiger partial charge in [0.15, 0.2) is 5.11 Å². The molecular formula is C41H56F3N7O5S. The number of nitrogens with zero attached hydrogens (tertiary/aromatic N) is 5. The van der Waals surface area contributed by atoms with E-state index in [-0.39, 0.29) is 67.9 Å². The van der Waals surface area contributed by atoms with Crippen LogP contribution in [0.3, 0.4) is 0 Å². The van der Waals surface area contributed by atoms with Gasteiger partial charge in [0.05, 0.1) is 35.3 Å². The summed E-state index contributed by atoms with van der Waals surface area (Å²) in [7, 11) is 0. The van der Waals surface area contributed by atoms with E-state index in [1.54, 1.807) is 32.0 Å². The number of carbonyl (C=O) groups excluding carboxylic acids is 4. The van der Waals surface area contributed by atoms with Crippen LogP contribution in [0.25, 0.3) is 0 Å². The summed E-state index contributed by atoms with van der Waals surface area (Å²) in [5, 5.41) is 23.6. The molecule has 12 nitrogen and oxygen atoms in total. The minimum atomic E-state index is -4.69. The van der Waals surface area contributed by atoms with Crippen molar-refractivity contribution in [3.8, 4) is 6.07 Å². The number of thiocarbonyl (C=S) groups is 1. The highest BCUT2D eigenvalue weighted by molar-refractivity contribution is 7.80. The molecule has 16 heteroatoms. The van der Waals surface area contributed by atoms with Crippen molar-refractivity contribution >= 4 is 52.3 Å². The number of amides is 4. The van der Waals surface area contributed by atoms with Crippen molar-refractivity contribution in [1.29, 1.82) is 5.26 Å². The molecule has 0 radical (unpaired) electrons. The number of benzene rings is 2. The molecule has 3 saturated heterocycles. The number of hydrogen-bond acceptors (Lipinski definition) is 9. The van der Waals surface area contributed by atoms with Gasteiger partial charge in [0.2, 0.25) is 17.7 Å². The zero-order valence-corrected chi connectivity index (χ0v) is 33.7. The normalized spacial score (nSPS) is 23.5. The van der Waals surface area contributed by atoms with Gasteiger partial charge in [-0.05, 0) is 101 Å². The van der Waals surface area contributed by atoms with E-state index >= 15 is 0 Å². The standard InChI is InChI=1S/C22H32N4O4.C19H20F3N3OS.2H2/c1-15-12-25(10-3-11-27)13-16(2)26(15)14-21(29)23-18-6-4-17(5-7-18)19-8-9-20(28)24-22(19)30;1-18(2)16(26)24(17(27)25(18)13-6-4-3-5-7-13)14-9-8-12(11-23)15(10-14)19(20,21)22;;/h4-7,15-16,19,27H,3,8-14H2,1-2H3,(H,23,29)(H,24,28,30);8-10,13H,3-7H2,1-2H3;2*1H/t15-,16+,19?;;;. The topological polar surface area (TPSA) is 149 Å². The second kappa shape index (κ2) is 18.4. The van der Waals surface area contributed by atoms with Crippen molar-refractivity contribution in [3.63, 3.8) is 0 Å². The lowest BCUT2D eigenvalue weighted by Crippen LogP contribution is -2.58. The maximum atomic E-state index is 13.3. The van der Waals surface area contributed by atoms with Gasteiger partial charge < -0.3 is 20.2 Å². The van der Waals surface area contributed by atoms with Crippen LogP contribution in [0.5, 0.6) is 0 Å². The van der Waals surface area contributed by atoms with Gasteiger partial charge >= 0.3 is 6.18 Å². The van der Waals surface area contributed by atoms with Crippen LogP contribution >= 0.6 is 12.2 Å². The molecule has 57 heavy (non-hydrogen) atoms. The van der Waals surface area contributed by atoms with E-state index in [9.17, 15) is 32.3 Å². The van der Waals surface area contributed by atoms with Gasteiger partial charge in [0.1, 0.15) is 5.54 Å². The second-order valence-corrected chi connectivity index (χ2v) is 16.2. The average Bonchev–Trinajstić information content (AvgIpc) is 3.34. The molecule has 3 N–H and O–H groups in total. The van der Waals surface area contributed by atoms with Crippen molar-refractivity contribution in [2.75, 3.05) is 43.0 Å². The zero-order valence-electron chi connectivity index (χ0n) is 32.9. The third-order valence-electron chi connectivity index (χ3n) is 11.3. The molecule has 4 fully saturated rings. The highest BCUT2D eigenvalue weighted by Crippen LogP contribution is 2.40. The number of alkyl halides is 3. The van der Waals surface area contributed by atoms with E-state index < -0.39 is 22.8 Å². The Balaban J connectivity index is 0.000000306. The van der Waals surface area contributed by atoms with Gasteiger partial charge in [-0.3, -0.25) is 34.3 Å². The molecule has 1 aliphatic carbocycles. The van der Waals surface area contributed by atoms with Gasteiger partial charge in [-0.15, -0.1) is 0 Å². The van der Waals surface area contributed by atoms with E-state index in [0.29, 0.717) is 25.1 Å². The molecule has 2 aromatic carbocycles. The first-order valence-electron chi connectivity index (χ1n) is 19.6. The Kier molecular flexibility index (Phi) is 14.1. The Morgan fingerprint density at radius 2 is 1.68 bits per heavy atom. The molecule has 1 unspecified atom stereocenters. The Hall–Kier alpha value is -4.43. The fraction of sp³-hybridized carbons (Fsp3) is 0.561. The zero-order chi connectivity index (χ0) is 41.7. The lowest BCUT2D eigenvalue weighted by atomic mass is 9.90. The third-order valence-corrected chi connectivity index (χ3v) is 11.7. The predicted molar refractivity (Wildman–Crippen MR) is 217 cm³/mol. The molecule has 4 aliphatic rings. The van der Waals surface area contributed by atoms with E-state index in [2.05, 4.69) is 34.3 Å². The number of nitrogens with one attached hydrogen (secondary N) is 2. The van der Waals surface area contributed by atoms with Crippen molar-refractivity contribution < 1.29 is 40.3 Å². The van der Waals surface area contributed by atoms with Crippen LogP contribution in [0, 0.1) is 11.3 Å². The monoisotopic (exact) mass is 815 g/mol. The molecule has 1 saturated carbocycles. The average molecular weight is 816 g/mol. The Morgan fingerprint density at radius 3 is 2.26 bits per heavy atom. The highest BCUT2D eigenvalue weighted by atomic mass is 32.1. The molecule has 0 bridgehead atoms. The Morgan fingerprint density at radius 1 is 1.04 bits per heavy atom. The molecular weight excluding hydrogens is 760 g/mol. The number of piperazine rings is 1. The van der Waals surface area contributed by atoms with Crippen LogP contribution < -0.4 is 15.5 Å². The maximum Gasteiger partial charge on any atom is 0.417 e. The Labute approximate surface area is 340 Å². The lowest BCUT2D eigenvalue weighted by molar-refractivity contribution is -0.138. The number of hydrogen-bond donors (Lipinski definition) is 3. The van der Waals surface area contributed by atoms with Gasteiger partial charge in [-0.2, -0.15) is 18.4 Å². The number of imide groups is 1. The summed E-state index contributed by atoms with van der Waals surface area (Å²) < 4.78 is 40.0. The van der Waals surface area contributed by atoms with Gasteiger partial charge in [-0.25, -0.2) is 0 Å². The number of carbonyl (C=O) groups is 4. The summed E-state index contributed by atoms with van der Waals surface area (Å²) in [6.45, 7) is 10.9. The van der Waals surface area contributed by atoms with Crippen molar-refractivity contribution in [3.05, 3.63) is 59.2 Å². The number of anilines is 2. The smallest absolute Gasteiger partial charge is 0.396 e. The largest absolute Gasteiger partial charge is 0.417 e. The Bertz CT molecular complexity index is 1860. The number of aliphatic hydroxyl groups excluding tert-OH is 1. The fourth-order valence-electron chi connectivity index (χ4n) is 8.42. The second-order valence-electron chi connectivity index (χ2n) is 15.9. The maximum absolute atomic E-state index is 13.3. The molecule has 0 spiro atoms. The van der Waals surface area contributed by atoms with E-state index in [4.69, 9.17) is 22.6 Å². The fourth-order valence-corrected chi connectivity index (χ4v) is 8.99. The highest BCUT2D eigenvalue weighted by Gasteiger charge is 2.52.